The lowest BCUT2D eigenvalue weighted by molar-refractivity contribution is -0.120. The Labute approximate surface area is 165 Å². The normalized spacial score (nSPS) is 27.4. The van der Waals surface area contributed by atoms with Gasteiger partial charge in [0.15, 0.2) is 5.78 Å². The summed E-state index contributed by atoms with van der Waals surface area (Å²) in [6.07, 6.45) is 10.7. The number of allylic oxidation sites excluding steroid dienone is 4. The number of ketones is 1. The van der Waals surface area contributed by atoms with E-state index in [9.17, 15) is 4.79 Å². The van der Waals surface area contributed by atoms with Gasteiger partial charge in [-0.05, 0) is 69.6 Å². The van der Waals surface area contributed by atoms with E-state index < -0.39 is 0 Å². The molecule has 0 aromatic heterocycles. The van der Waals surface area contributed by atoms with E-state index >= 15 is 0 Å². The molecule has 1 aromatic rings. The highest BCUT2D eigenvalue weighted by molar-refractivity contribution is 6.05. The number of nitrogens with zero attached hydrogens (tertiary/aromatic N) is 1. The van der Waals surface area contributed by atoms with Crippen molar-refractivity contribution in [1.29, 1.82) is 0 Å². The summed E-state index contributed by atoms with van der Waals surface area (Å²) in [6, 6.07) is 8.82. The lowest BCUT2D eigenvalue weighted by atomic mass is 9.85. The molecule has 2 unspecified atom stereocenters. The third-order valence-corrected chi connectivity index (χ3v) is 6.59. The van der Waals surface area contributed by atoms with Crippen molar-refractivity contribution in [3.8, 4) is 0 Å². The number of carbonyl (C=O) groups is 1. The van der Waals surface area contributed by atoms with Crippen molar-refractivity contribution in [3.63, 3.8) is 0 Å². The molecule has 0 saturated heterocycles. The lowest BCUT2D eigenvalue weighted by Crippen LogP contribution is -2.29. The third-order valence-electron chi connectivity index (χ3n) is 6.59. The molecule has 2 aliphatic rings. The van der Waals surface area contributed by atoms with Gasteiger partial charge in [0.2, 0.25) is 0 Å². The maximum atomic E-state index is 13.7. The summed E-state index contributed by atoms with van der Waals surface area (Å²) < 4.78 is 0. The Hall–Kier alpha value is -1.67. The lowest BCUT2D eigenvalue weighted by Gasteiger charge is -2.23. The maximum absolute atomic E-state index is 13.7. The van der Waals surface area contributed by atoms with Gasteiger partial charge in [-0.1, -0.05) is 68.8 Å². The first-order chi connectivity index (χ1) is 13.0. The van der Waals surface area contributed by atoms with Crippen molar-refractivity contribution < 1.29 is 4.79 Å². The molecular formula is C25H35NO. The molecule has 1 fully saturated rings. The summed E-state index contributed by atoms with van der Waals surface area (Å²) in [7, 11) is 0. The molecule has 1 aromatic carbocycles. The summed E-state index contributed by atoms with van der Waals surface area (Å²) >= 11 is 0. The van der Waals surface area contributed by atoms with Crippen LogP contribution >= 0.6 is 0 Å². The van der Waals surface area contributed by atoms with E-state index in [1.54, 1.807) is 0 Å². The van der Waals surface area contributed by atoms with Crippen LogP contribution in [0.5, 0.6) is 0 Å². The van der Waals surface area contributed by atoms with Crippen LogP contribution in [-0.2, 0) is 4.79 Å². The van der Waals surface area contributed by atoms with Crippen LogP contribution in [0.15, 0.2) is 48.1 Å². The second kappa shape index (κ2) is 8.56. The number of aryl methyl sites for hydroxylation is 1. The molecular weight excluding hydrogens is 330 g/mol. The molecule has 0 N–H and O–H groups in total. The summed E-state index contributed by atoms with van der Waals surface area (Å²) in [5.41, 5.74) is 3.36. The minimum Gasteiger partial charge on any atom is -0.304 e. The number of hydrogen-bond acceptors (Lipinski definition) is 2. The minimum atomic E-state index is -0.210. The smallest absolute Gasteiger partial charge is 0.169 e. The first-order valence-electron chi connectivity index (χ1n) is 10.7. The summed E-state index contributed by atoms with van der Waals surface area (Å²) in [4.78, 5) is 16.1. The Morgan fingerprint density at radius 3 is 2.56 bits per heavy atom. The molecule has 3 atom stereocenters. The van der Waals surface area contributed by atoms with E-state index in [0.29, 0.717) is 17.6 Å². The number of rotatable bonds is 8. The standard InChI is InChI=1S/C25H35NO/c1-5-26(6-2)16-15-25(18-23(25)21-13-11-19(3)12-14-21)24(27)22-10-8-7-9-20(4)17-22/h8,10-14,17,20,23H,5-7,9,15-16,18H2,1-4H3/t20?,23?,25-/m0/s1. The third kappa shape index (κ3) is 4.43. The highest BCUT2D eigenvalue weighted by atomic mass is 16.1. The highest BCUT2D eigenvalue weighted by Gasteiger charge is 2.59. The predicted octanol–water partition coefficient (Wildman–Crippen LogP) is 5.68. The van der Waals surface area contributed by atoms with Crippen LogP contribution in [-0.4, -0.2) is 30.3 Å². The van der Waals surface area contributed by atoms with Gasteiger partial charge in [-0.25, -0.2) is 0 Å². The van der Waals surface area contributed by atoms with Crippen molar-refractivity contribution in [3.05, 3.63) is 59.2 Å². The van der Waals surface area contributed by atoms with Gasteiger partial charge in [0.05, 0.1) is 0 Å². The molecule has 0 radical (unpaired) electrons. The molecule has 1 saturated carbocycles. The van der Waals surface area contributed by atoms with E-state index in [0.717, 1.165) is 50.9 Å². The van der Waals surface area contributed by atoms with Crippen molar-refractivity contribution in [2.75, 3.05) is 19.6 Å². The Kier molecular flexibility index (Phi) is 6.37. The molecule has 2 nitrogen and oxygen atoms in total. The van der Waals surface area contributed by atoms with Gasteiger partial charge < -0.3 is 4.90 Å². The fourth-order valence-electron chi connectivity index (χ4n) is 4.53. The minimum absolute atomic E-state index is 0.210. The van der Waals surface area contributed by atoms with E-state index in [1.165, 1.54) is 11.1 Å². The van der Waals surface area contributed by atoms with Crippen LogP contribution in [0.4, 0.5) is 0 Å². The first kappa shape index (κ1) is 20.1. The zero-order chi connectivity index (χ0) is 19.4. The molecule has 27 heavy (non-hydrogen) atoms. The monoisotopic (exact) mass is 365 g/mol. The van der Waals surface area contributed by atoms with Crippen LogP contribution < -0.4 is 0 Å². The summed E-state index contributed by atoms with van der Waals surface area (Å²) in [5.74, 6) is 1.23. The van der Waals surface area contributed by atoms with Crippen molar-refractivity contribution in [2.45, 2.75) is 59.3 Å². The topological polar surface area (TPSA) is 20.3 Å². The molecule has 2 aliphatic carbocycles. The Morgan fingerprint density at radius 1 is 1.19 bits per heavy atom. The van der Waals surface area contributed by atoms with Crippen LogP contribution in [0.25, 0.3) is 0 Å². The van der Waals surface area contributed by atoms with E-state index in [2.05, 4.69) is 75.1 Å². The van der Waals surface area contributed by atoms with Gasteiger partial charge in [-0.2, -0.15) is 0 Å². The first-order valence-corrected chi connectivity index (χ1v) is 10.7. The van der Waals surface area contributed by atoms with Crippen LogP contribution in [0.2, 0.25) is 0 Å². The van der Waals surface area contributed by atoms with Crippen molar-refractivity contribution in [2.24, 2.45) is 11.3 Å². The van der Waals surface area contributed by atoms with Crippen LogP contribution in [0.1, 0.15) is 63.5 Å². The van der Waals surface area contributed by atoms with Gasteiger partial charge >= 0.3 is 0 Å². The van der Waals surface area contributed by atoms with Crippen LogP contribution in [0.3, 0.4) is 0 Å². The van der Waals surface area contributed by atoms with Crippen molar-refractivity contribution >= 4 is 5.78 Å². The van der Waals surface area contributed by atoms with E-state index in [4.69, 9.17) is 0 Å². The van der Waals surface area contributed by atoms with Crippen LogP contribution in [0, 0.1) is 18.3 Å². The molecule has 0 bridgehead atoms. The Bertz CT molecular complexity index is 710. The number of hydrogen-bond donors (Lipinski definition) is 0. The van der Waals surface area contributed by atoms with Gasteiger partial charge in [0.25, 0.3) is 0 Å². The van der Waals surface area contributed by atoms with Gasteiger partial charge in [-0.15, -0.1) is 0 Å². The number of benzene rings is 1. The Balaban J connectivity index is 1.86. The zero-order valence-electron chi connectivity index (χ0n) is 17.5. The fourth-order valence-corrected chi connectivity index (χ4v) is 4.53. The molecule has 0 heterocycles. The summed E-state index contributed by atoms with van der Waals surface area (Å²) in [6.45, 7) is 11.9. The van der Waals surface area contributed by atoms with Gasteiger partial charge in [0, 0.05) is 11.0 Å². The van der Waals surface area contributed by atoms with E-state index in [-0.39, 0.29) is 5.41 Å². The average molecular weight is 366 g/mol. The highest BCUT2D eigenvalue weighted by Crippen LogP contribution is 2.63. The summed E-state index contributed by atoms with van der Waals surface area (Å²) in [5, 5.41) is 0. The zero-order valence-corrected chi connectivity index (χ0v) is 17.5. The van der Waals surface area contributed by atoms with Gasteiger partial charge in [-0.3, -0.25) is 4.79 Å². The molecule has 3 rings (SSSR count). The van der Waals surface area contributed by atoms with Crippen molar-refractivity contribution in [1.82, 2.24) is 4.90 Å². The predicted molar refractivity (Wildman–Crippen MR) is 114 cm³/mol. The number of carbonyl (C=O) groups excluding carboxylic acids is 1. The second-order valence-corrected chi connectivity index (χ2v) is 8.51. The molecule has 2 heteroatoms. The molecule has 0 spiro atoms. The molecule has 146 valence electrons. The molecule has 0 amide bonds. The second-order valence-electron chi connectivity index (χ2n) is 8.51. The molecule has 0 aliphatic heterocycles. The Morgan fingerprint density at radius 2 is 1.89 bits per heavy atom. The quantitative estimate of drug-likeness (QED) is 0.590. The van der Waals surface area contributed by atoms with E-state index in [1.807, 2.05) is 0 Å². The number of Topliss-reactive ketones (excluding diaryl/α,β-unsaturated/α-hetero) is 1. The fraction of sp³-hybridized carbons (Fsp3) is 0.560. The SMILES string of the molecule is CCN(CC)CC[C@]1(C(=O)C2=CC(C)CCC=C2)CC1c1ccc(C)cc1. The maximum Gasteiger partial charge on any atom is 0.169 e. The van der Waals surface area contributed by atoms with Gasteiger partial charge in [0.1, 0.15) is 0 Å². The largest absolute Gasteiger partial charge is 0.304 e. The average Bonchev–Trinajstić information content (AvgIpc) is 3.43.